The van der Waals surface area contributed by atoms with Crippen LogP contribution in [-0.4, -0.2) is 66.5 Å². The number of phosphoric acid groups is 1. The normalized spacial score (nSPS) is 14.4. The molecule has 3 unspecified atom stereocenters. The van der Waals surface area contributed by atoms with Crippen LogP contribution in [0.25, 0.3) is 0 Å². The molecule has 0 aromatic carbocycles. The summed E-state index contributed by atoms with van der Waals surface area (Å²) >= 11 is 0. The van der Waals surface area contributed by atoms with E-state index in [0.29, 0.717) is 19.3 Å². The van der Waals surface area contributed by atoms with Gasteiger partial charge in [0.15, 0.2) is 6.10 Å². The fraction of sp³-hybridized carbons (Fsp3) is 0.578. The van der Waals surface area contributed by atoms with E-state index < -0.39 is 57.8 Å². The van der Waals surface area contributed by atoms with Crippen LogP contribution in [0.3, 0.4) is 0 Å². The summed E-state index contributed by atoms with van der Waals surface area (Å²) in [6, 6.07) is 0. The highest BCUT2D eigenvalue weighted by molar-refractivity contribution is 7.47. The molecule has 0 aliphatic rings. The maximum absolute atomic E-state index is 12.9. The van der Waals surface area contributed by atoms with E-state index in [9.17, 15) is 28.9 Å². The number of phosphoric ester groups is 1. The van der Waals surface area contributed by atoms with E-state index >= 15 is 0 Å². The predicted octanol–water partition coefficient (Wildman–Crippen LogP) is 17.1. The van der Waals surface area contributed by atoms with Crippen molar-refractivity contribution in [2.75, 3.05) is 26.4 Å². The van der Waals surface area contributed by atoms with Gasteiger partial charge in [-0.3, -0.25) is 23.4 Å². The van der Waals surface area contributed by atoms with Crippen LogP contribution >= 0.6 is 7.82 Å². The van der Waals surface area contributed by atoms with Gasteiger partial charge in [0.25, 0.3) is 0 Å². The maximum Gasteiger partial charge on any atom is 0.472 e. The van der Waals surface area contributed by atoms with Gasteiger partial charge in [0, 0.05) is 19.3 Å². The Morgan fingerprint density at radius 2 is 0.645 bits per heavy atom. The smallest absolute Gasteiger partial charge is 0.462 e. The second kappa shape index (κ2) is 56.6. The minimum Gasteiger partial charge on any atom is -0.462 e. The number of rotatable bonds is 51. The number of ether oxygens (including phenoxy) is 3. The van der Waals surface area contributed by atoms with Gasteiger partial charge in [0.05, 0.1) is 19.8 Å². The van der Waals surface area contributed by atoms with Crippen LogP contribution in [0.2, 0.25) is 0 Å². The number of hydrogen-bond acceptors (Lipinski definition) is 10. The second-order valence-electron chi connectivity index (χ2n) is 18.3. The molecular formula is C64H101O11P. The van der Waals surface area contributed by atoms with Crippen molar-refractivity contribution in [3.8, 4) is 0 Å². The molecule has 0 saturated carbocycles. The summed E-state index contributed by atoms with van der Waals surface area (Å²) in [7, 11) is -4.78. The topological polar surface area (TPSA) is 155 Å². The largest absolute Gasteiger partial charge is 0.472 e. The summed E-state index contributed by atoms with van der Waals surface area (Å²) in [6.45, 7) is 4.17. The summed E-state index contributed by atoms with van der Waals surface area (Å²) in [4.78, 5) is 48.6. The van der Waals surface area contributed by atoms with Crippen LogP contribution in [0.5, 0.6) is 0 Å². The van der Waals surface area contributed by atoms with Gasteiger partial charge in [-0.1, -0.05) is 192 Å². The Morgan fingerprint density at radius 3 is 1.00 bits per heavy atom. The van der Waals surface area contributed by atoms with Crippen molar-refractivity contribution in [3.63, 3.8) is 0 Å². The maximum atomic E-state index is 12.9. The number of carbonyl (C=O) groups is 3. The van der Waals surface area contributed by atoms with E-state index in [-0.39, 0.29) is 25.9 Å². The van der Waals surface area contributed by atoms with Crippen molar-refractivity contribution in [2.24, 2.45) is 0 Å². The van der Waals surface area contributed by atoms with E-state index in [0.717, 1.165) is 141 Å². The number of hydrogen-bond donors (Lipinski definition) is 2. The van der Waals surface area contributed by atoms with Gasteiger partial charge in [0.2, 0.25) is 0 Å². The average molecular weight is 1080 g/mol. The van der Waals surface area contributed by atoms with E-state index in [1.54, 1.807) is 0 Å². The summed E-state index contributed by atoms with van der Waals surface area (Å²) in [5.41, 5.74) is 0. The second-order valence-corrected chi connectivity index (χ2v) is 19.8. The highest BCUT2D eigenvalue weighted by Crippen LogP contribution is 2.43. The molecule has 0 aromatic rings. The number of allylic oxidation sites excluding steroid dienone is 24. The van der Waals surface area contributed by atoms with Crippen molar-refractivity contribution in [2.45, 2.75) is 213 Å². The quantitative estimate of drug-likeness (QED) is 0.0197. The zero-order chi connectivity index (χ0) is 55.5. The molecule has 0 amide bonds. The van der Waals surface area contributed by atoms with Crippen LogP contribution in [0.4, 0.5) is 0 Å². The van der Waals surface area contributed by atoms with Crippen LogP contribution in [-0.2, 0) is 42.2 Å². The predicted molar refractivity (Wildman–Crippen MR) is 316 cm³/mol. The molecule has 0 saturated heterocycles. The first-order valence-electron chi connectivity index (χ1n) is 28.7. The first-order chi connectivity index (χ1) is 37.2. The van der Waals surface area contributed by atoms with E-state index in [1.807, 2.05) is 0 Å². The van der Waals surface area contributed by atoms with Crippen molar-refractivity contribution >= 4 is 25.7 Å². The number of esters is 3. The molecule has 3 atom stereocenters. The molecule has 0 radical (unpaired) electrons. The Labute approximate surface area is 461 Å². The van der Waals surface area contributed by atoms with Gasteiger partial charge in [0.1, 0.15) is 12.7 Å². The number of carbonyl (C=O) groups excluding carboxylic acids is 3. The molecule has 0 aliphatic heterocycles. The average Bonchev–Trinajstić information content (AvgIpc) is 3.41. The van der Waals surface area contributed by atoms with E-state index in [4.69, 9.17) is 23.3 Å². The first-order valence-corrected chi connectivity index (χ1v) is 30.2. The molecule has 0 heterocycles. The zero-order valence-corrected chi connectivity index (χ0v) is 48.0. The highest BCUT2D eigenvalue weighted by atomic mass is 31.2. The van der Waals surface area contributed by atoms with Gasteiger partial charge in [-0.15, -0.1) is 0 Å². The summed E-state index contributed by atoms with van der Waals surface area (Å²) in [6.07, 6.45) is 72.3. The third kappa shape index (κ3) is 54.2. The highest BCUT2D eigenvalue weighted by Gasteiger charge is 2.28. The third-order valence-electron chi connectivity index (χ3n) is 11.2. The van der Waals surface area contributed by atoms with Crippen LogP contribution in [0.15, 0.2) is 146 Å². The Kier molecular flexibility index (Phi) is 53.1. The molecule has 76 heavy (non-hydrogen) atoms. The summed E-state index contributed by atoms with van der Waals surface area (Å²) in [5.74, 6) is -1.58. The Morgan fingerprint density at radius 1 is 0.368 bits per heavy atom. The molecule has 0 spiro atoms. The zero-order valence-electron chi connectivity index (χ0n) is 47.2. The number of aliphatic hydroxyl groups is 1. The molecule has 2 N–H and O–H groups in total. The number of aliphatic hydroxyl groups excluding tert-OH is 1. The lowest BCUT2D eigenvalue weighted by Gasteiger charge is -2.21. The van der Waals surface area contributed by atoms with Gasteiger partial charge in [-0.25, -0.2) is 4.57 Å². The molecular weight excluding hydrogens is 976 g/mol. The lowest BCUT2D eigenvalue weighted by molar-refractivity contribution is -0.161. The molecule has 0 fully saturated rings. The van der Waals surface area contributed by atoms with E-state index in [1.165, 1.54) is 0 Å². The molecule has 0 rings (SSSR count). The van der Waals surface area contributed by atoms with Gasteiger partial charge in [-0.2, -0.15) is 0 Å². The van der Waals surface area contributed by atoms with Crippen molar-refractivity contribution in [1.82, 2.24) is 0 Å². The molecule has 11 nitrogen and oxygen atoms in total. The molecule has 0 aromatic heterocycles. The minimum atomic E-state index is -4.78. The first kappa shape index (κ1) is 71.4. The summed E-state index contributed by atoms with van der Waals surface area (Å²) in [5, 5.41) is 9.81. The lowest BCUT2D eigenvalue weighted by Crippen LogP contribution is -2.30. The minimum absolute atomic E-state index is 0.113. The van der Waals surface area contributed by atoms with Crippen LogP contribution in [0.1, 0.15) is 201 Å². The fourth-order valence-electron chi connectivity index (χ4n) is 6.97. The Bertz CT molecular complexity index is 1830. The lowest BCUT2D eigenvalue weighted by atomic mass is 10.1. The molecule has 428 valence electrons. The number of unbranched alkanes of at least 4 members (excludes halogenated alkanes) is 10. The van der Waals surface area contributed by atoms with Gasteiger partial charge >= 0.3 is 25.7 Å². The molecule has 0 bridgehead atoms. The Hall–Kier alpha value is -4.64. The van der Waals surface area contributed by atoms with Gasteiger partial charge < -0.3 is 24.2 Å². The van der Waals surface area contributed by atoms with E-state index in [2.05, 4.69) is 167 Å². The van der Waals surface area contributed by atoms with Gasteiger partial charge in [-0.05, 0) is 135 Å². The van der Waals surface area contributed by atoms with Crippen molar-refractivity contribution in [3.05, 3.63) is 146 Å². The van der Waals surface area contributed by atoms with Crippen molar-refractivity contribution < 1.29 is 52.2 Å². The molecule has 12 heteroatoms. The standard InChI is InChI=1S/C64H101O11P/c1-4-7-10-13-16-19-22-25-28-30-33-35-38-41-44-47-50-53-62(66)71-57-61(75-64(68)55-52-49-46-43-40-37-34-31-29-26-23-20-17-14-11-8-5-2)59-73-76(69,70)72-58-60(56-65)74-63(67)54-51-48-45-42-39-36-32-27-24-21-18-15-12-9-6-3/h7-12,16-21,25-29,32-35,37,39,42,60-61,65H,4-6,13-15,22-24,30-31,36,38,40-41,43-59H2,1-3H3,(H,69,70)/b10-7-,11-8-,12-9-,19-16-,20-17-,21-18-,28-25-,29-26-,32-27-,35-33-,37-34-,42-39-. The fourth-order valence-corrected chi connectivity index (χ4v) is 7.76. The van der Waals surface area contributed by atoms with Crippen LogP contribution in [0, 0.1) is 0 Å². The molecule has 0 aliphatic carbocycles. The monoisotopic (exact) mass is 1080 g/mol. The SMILES string of the molecule is CC/C=C\C/C=C\C/C=C\C/C=C\CCCCCCC(=O)OCC(COP(=O)(O)OCC(CO)OC(=O)CCCC/C=C\C/C=C\C/C=C\C/C=C\CC)OC(=O)CCCCCC/C=C\C/C=C\C/C=C\C/C=C\CC. The summed E-state index contributed by atoms with van der Waals surface area (Å²) < 4.78 is 39.4. The van der Waals surface area contributed by atoms with Crippen LogP contribution < -0.4 is 0 Å². The Balaban J connectivity index is 4.88. The third-order valence-corrected chi connectivity index (χ3v) is 12.2. The van der Waals surface area contributed by atoms with Crippen molar-refractivity contribution in [1.29, 1.82) is 0 Å².